The van der Waals surface area contributed by atoms with Crippen LogP contribution >= 0.6 is 11.6 Å². The molecule has 1 aromatic heterocycles. The van der Waals surface area contributed by atoms with Crippen molar-refractivity contribution >= 4 is 11.6 Å². The summed E-state index contributed by atoms with van der Waals surface area (Å²) in [7, 11) is 4.12. The molecule has 152 valence electrons. The smallest absolute Gasteiger partial charge is 0.138 e. The predicted molar refractivity (Wildman–Crippen MR) is 123 cm³/mol. The molecular weight excluding hydrogens is 380 g/mol. The summed E-state index contributed by atoms with van der Waals surface area (Å²) in [6.45, 7) is 3.83. The Hall–Kier alpha value is -2.36. The maximum absolute atomic E-state index is 6.39. The maximum atomic E-state index is 6.39. The van der Waals surface area contributed by atoms with Crippen LogP contribution in [0.2, 0.25) is 5.02 Å². The second-order valence-corrected chi connectivity index (χ2v) is 7.86. The first-order valence-electron chi connectivity index (χ1n) is 10.2. The van der Waals surface area contributed by atoms with Gasteiger partial charge in [-0.25, -0.2) is 0 Å². The lowest BCUT2D eigenvalue weighted by Gasteiger charge is -2.15. The number of aryl methyl sites for hydroxylation is 1. The molecule has 0 fully saturated rings. The molecular formula is C25H29ClN2O. The summed E-state index contributed by atoms with van der Waals surface area (Å²) in [5.41, 5.74) is 5.68. The highest BCUT2D eigenvalue weighted by Crippen LogP contribution is 2.36. The van der Waals surface area contributed by atoms with E-state index < -0.39 is 0 Å². The van der Waals surface area contributed by atoms with Crippen LogP contribution in [0.3, 0.4) is 0 Å². The maximum Gasteiger partial charge on any atom is 0.138 e. The molecule has 0 saturated carbocycles. The minimum Gasteiger partial charge on any atom is -0.492 e. The SMILES string of the molecule is CCCc1ccccc1-c1cccnc1-c1ccc(Cl)c(OCCCN(C)C)c1. The zero-order chi connectivity index (χ0) is 20.6. The van der Waals surface area contributed by atoms with Gasteiger partial charge in [-0.2, -0.15) is 0 Å². The van der Waals surface area contributed by atoms with Gasteiger partial charge >= 0.3 is 0 Å². The average molecular weight is 409 g/mol. The Bertz CT molecular complexity index is 940. The van der Waals surface area contributed by atoms with E-state index in [4.69, 9.17) is 21.3 Å². The van der Waals surface area contributed by atoms with E-state index in [-0.39, 0.29) is 0 Å². The largest absolute Gasteiger partial charge is 0.492 e. The molecule has 2 aromatic carbocycles. The van der Waals surface area contributed by atoms with E-state index in [0.29, 0.717) is 17.4 Å². The second-order valence-electron chi connectivity index (χ2n) is 7.46. The molecule has 0 unspecified atom stereocenters. The highest BCUT2D eigenvalue weighted by Gasteiger charge is 2.13. The zero-order valence-corrected chi connectivity index (χ0v) is 18.2. The predicted octanol–water partition coefficient (Wildman–Crippen LogP) is 6.35. The van der Waals surface area contributed by atoms with Gasteiger partial charge in [0, 0.05) is 23.9 Å². The fourth-order valence-electron chi connectivity index (χ4n) is 3.45. The third-order valence-corrected chi connectivity index (χ3v) is 5.16. The van der Waals surface area contributed by atoms with E-state index in [9.17, 15) is 0 Å². The van der Waals surface area contributed by atoms with Gasteiger partial charge in [0.25, 0.3) is 0 Å². The minimum atomic E-state index is 0.627. The number of aromatic nitrogens is 1. The van der Waals surface area contributed by atoms with Gasteiger partial charge in [0.1, 0.15) is 5.75 Å². The minimum absolute atomic E-state index is 0.627. The van der Waals surface area contributed by atoms with Crippen molar-refractivity contribution < 1.29 is 4.74 Å². The number of hydrogen-bond donors (Lipinski definition) is 0. The van der Waals surface area contributed by atoms with Crippen molar-refractivity contribution in [2.45, 2.75) is 26.2 Å². The van der Waals surface area contributed by atoms with Crippen LogP contribution in [0.25, 0.3) is 22.4 Å². The molecule has 0 atom stereocenters. The second kappa shape index (κ2) is 10.4. The molecule has 3 rings (SSSR count). The molecule has 0 N–H and O–H groups in total. The summed E-state index contributed by atoms with van der Waals surface area (Å²) in [4.78, 5) is 6.86. The number of nitrogens with zero attached hydrogens (tertiary/aromatic N) is 2. The van der Waals surface area contributed by atoms with E-state index in [1.807, 2.05) is 30.5 Å². The van der Waals surface area contributed by atoms with E-state index >= 15 is 0 Å². The Labute approximate surface area is 179 Å². The summed E-state index contributed by atoms with van der Waals surface area (Å²) < 4.78 is 5.97. The Morgan fingerprint density at radius 1 is 1.00 bits per heavy atom. The molecule has 0 bridgehead atoms. The molecule has 0 aliphatic carbocycles. The molecule has 3 aromatic rings. The zero-order valence-electron chi connectivity index (χ0n) is 17.5. The van der Waals surface area contributed by atoms with E-state index in [1.165, 1.54) is 11.1 Å². The first-order chi connectivity index (χ1) is 14.1. The van der Waals surface area contributed by atoms with Crippen molar-refractivity contribution in [3.05, 3.63) is 71.4 Å². The van der Waals surface area contributed by atoms with E-state index in [1.54, 1.807) is 0 Å². The van der Waals surface area contributed by atoms with Crippen LogP contribution in [-0.2, 0) is 6.42 Å². The number of halogens is 1. The van der Waals surface area contributed by atoms with Crippen LogP contribution in [0.15, 0.2) is 60.8 Å². The Morgan fingerprint density at radius 3 is 2.59 bits per heavy atom. The number of rotatable bonds is 9. The van der Waals surface area contributed by atoms with Crippen LogP contribution in [-0.4, -0.2) is 37.1 Å². The van der Waals surface area contributed by atoms with Gasteiger partial charge in [-0.1, -0.05) is 61.3 Å². The molecule has 0 radical (unpaired) electrons. The quantitative estimate of drug-likeness (QED) is 0.385. The van der Waals surface area contributed by atoms with Gasteiger partial charge in [-0.05, 0) is 56.3 Å². The van der Waals surface area contributed by atoms with E-state index in [2.05, 4.69) is 56.3 Å². The van der Waals surface area contributed by atoms with Crippen molar-refractivity contribution in [3.8, 4) is 28.1 Å². The lowest BCUT2D eigenvalue weighted by Crippen LogP contribution is -2.15. The van der Waals surface area contributed by atoms with Crippen molar-refractivity contribution in [1.82, 2.24) is 9.88 Å². The van der Waals surface area contributed by atoms with Gasteiger partial charge in [0.15, 0.2) is 0 Å². The number of hydrogen-bond acceptors (Lipinski definition) is 3. The van der Waals surface area contributed by atoms with Crippen LogP contribution in [0.1, 0.15) is 25.3 Å². The lowest BCUT2D eigenvalue weighted by atomic mass is 9.93. The highest BCUT2D eigenvalue weighted by atomic mass is 35.5. The van der Waals surface area contributed by atoms with Crippen molar-refractivity contribution in [1.29, 1.82) is 0 Å². The van der Waals surface area contributed by atoms with Crippen LogP contribution in [0.4, 0.5) is 0 Å². The number of ether oxygens (including phenoxy) is 1. The molecule has 0 spiro atoms. The fourth-order valence-corrected chi connectivity index (χ4v) is 3.62. The first kappa shape index (κ1) is 21.4. The van der Waals surface area contributed by atoms with Gasteiger partial charge in [-0.15, -0.1) is 0 Å². The Kier molecular flexibility index (Phi) is 7.68. The van der Waals surface area contributed by atoms with Crippen LogP contribution in [0, 0.1) is 0 Å². The third kappa shape index (κ3) is 5.59. The van der Waals surface area contributed by atoms with Crippen molar-refractivity contribution in [2.24, 2.45) is 0 Å². The average Bonchev–Trinajstić information content (AvgIpc) is 2.73. The Balaban J connectivity index is 1.93. The lowest BCUT2D eigenvalue weighted by molar-refractivity contribution is 0.282. The normalized spacial score (nSPS) is 11.1. The summed E-state index contributed by atoms with van der Waals surface area (Å²) in [6.07, 6.45) is 4.95. The molecule has 3 nitrogen and oxygen atoms in total. The van der Waals surface area contributed by atoms with Gasteiger partial charge in [0.05, 0.1) is 17.3 Å². The first-order valence-corrected chi connectivity index (χ1v) is 10.6. The van der Waals surface area contributed by atoms with Crippen molar-refractivity contribution in [2.75, 3.05) is 27.2 Å². The standard InChI is InChI=1S/C25H29ClN2O/c1-4-9-19-10-5-6-11-21(19)22-12-7-15-27-25(22)20-13-14-23(26)24(18-20)29-17-8-16-28(2)3/h5-7,10-15,18H,4,8-9,16-17H2,1-3H3. The van der Waals surface area contributed by atoms with Gasteiger partial charge in [0.2, 0.25) is 0 Å². The monoisotopic (exact) mass is 408 g/mol. The number of pyridine rings is 1. The highest BCUT2D eigenvalue weighted by molar-refractivity contribution is 6.32. The molecule has 0 saturated heterocycles. The summed E-state index contributed by atoms with van der Waals surface area (Å²) in [6, 6.07) is 18.6. The van der Waals surface area contributed by atoms with Crippen molar-refractivity contribution in [3.63, 3.8) is 0 Å². The topological polar surface area (TPSA) is 25.4 Å². The summed E-state index contributed by atoms with van der Waals surface area (Å²) in [5, 5.41) is 0.627. The molecule has 0 aliphatic rings. The van der Waals surface area contributed by atoms with Gasteiger partial charge in [-0.3, -0.25) is 4.98 Å². The fraction of sp³-hybridized carbons (Fsp3) is 0.320. The Morgan fingerprint density at radius 2 is 1.79 bits per heavy atom. The molecule has 0 amide bonds. The summed E-state index contributed by atoms with van der Waals surface area (Å²) >= 11 is 6.39. The van der Waals surface area contributed by atoms with Crippen LogP contribution < -0.4 is 4.74 Å². The van der Waals surface area contributed by atoms with E-state index in [0.717, 1.165) is 42.6 Å². The summed E-state index contributed by atoms with van der Waals surface area (Å²) in [5.74, 6) is 0.710. The molecule has 4 heteroatoms. The molecule has 1 heterocycles. The van der Waals surface area contributed by atoms with Gasteiger partial charge < -0.3 is 9.64 Å². The molecule has 0 aliphatic heterocycles. The third-order valence-electron chi connectivity index (χ3n) is 4.85. The number of benzene rings is 2. The molecule has 29 heavy (non-hydrogen) atoms. The van der Waals surface area contributed by atoms with Crippen LogP contribution in [0.5, 0.6) is 5.75 Å².